The summed E-state index contributed by atoms with van der Waals surface area (Å²) < 4.78 is 5.01. The van der Waals surface area contributed by atoms with Crippen LogP contribution >= 0.6 is 0 Å². The Labute approximate surface area is 145 Å². The van der Waals surface area contributed by atoms with E-state index in [1.165, 1.54) is 13.0 Å². The Morgan fingerprint density at radius 3 is 2.80 bits per heavy atom. The summed E-state index contributed by atoms with van der Waals surface area (Å²) in [7, 11) is 0. The summed E-state index contributed by atoms with van der Waals surface area (Å²) in [5.74, 6) is -1.86. The number of fused-ring (bicyclic) bond motifs is 1. The van der Waals surface area contributed by atoms with Gasteiger partial charge in [0.15, 0.2) is 6.10 Å². The average molecular weight is 344 g/mol. The molecule has 7 nitrogen and oxygen atoms in total. The molecule has 1 heterocycles. The highest BCUT2D eigenvalue weighted by atomic mass is 16.5. The summed E-state index contributed by atoms with van der Waals surface area (Å²) in [5, 5.41) is 2.52. The van der Waals surface area contributed by atoms with Crippen molar-refractivity contribution in [2.24, 2.45) is 0 Å². The second-order valence-corrected chi connectivity index (χ2v) is 5.60. The molecule has 1 atom stereocenters. The second-order valence-electron chi connectivity index (χ2n) is 5.60. The van der Waals surface area contributed by atoms with Crippen LogP contribution in [0.1, 0.15) is 29.3 Å². The minimum atomic E-state index is -0.957. The fraction of sp³-hybridized carbons (Fsp3) is 0.333. The van der Waals surface area contributed by atoms with E-state index in [4.69, 9.17) is 4.74 Å². The second kappa shape index (κ2) is 8.23. The molecule has 25 heavy (non-hydrogen) atoms. The van der Waals surface area contributed by atoms with Gasteiger partial charge in [0.1, 0.15) is 0 Å². The lowest BCUT2D eigenvalue weighted by Crippen LogP contribution is -2.43. The van der Waals surface area contributed by atoms with E-state index in [1.54, 1.807) is 24.3 Å². The first kappa shape index (κ1) is 18.4. The molecular weight excluding hydrogens is 324 g/mol. The summed E-state index contributed by atoms with van der Waals surface area (Å²) >= 11 is 0. The zero-order valence-corrected chi connectivity index (χ0v) is 14.0. The van der Waals surface area contributed by atoms with E-state index in [2.05, 4.69) is 11.9 Å². The number of rotatable bonds is 7. The normalized spacial score (nSPS) is 14.5. The number of nitrogens with zero attached hydrogens (tertiary/aromatic N) is 1. The molecule has 1 aliphatic rings. The van der Waals surface area contributed by atoms with Crippen LogP contribution in [0.4, 0.5) is 0 Å². The molecule has 1 aromatic carbocycles. The van der Waals surface area contributed by atoms with E-state index in [0.29, 0.717) is 11.1 Å². The van der Waals surface area contributed by atoms with E-state index < -0.39 is 23.9 Å². The molecule has 0 radical (unpaired) electrons. The maximum Gasteiger partial charge on any atom is 0.308 e. The van der Waals surface area contributed by atoms with E-state index >= 15 is 0 Å². The molecule has 0 unspecified atom stereocenters. The summed E-state index contributed by atoms with van der Waals surface area (Å²) in [5.41, 5.74) is 1.15. The fourth-order valence-corrected chi connectivity index (χ4v) is 2.46. The van der Waals surface area contributed by atoms with Gasteiger partial charge in [-0.3, -0.25) is 24.1 Å². The third-order valence-corrected chi connectivity index (χ3v) is 3.77. The molecule has 2 rings (SSSR count). The SMILES string of the molecule is C=CCNC(=O)[C@H](C)OC(=O)CCN1C(=O)Cc2ccccc2C1=O. The van der Waals surface area contributed by atoms with Crippen LogP contribution in [0.3, 0.4) is 0 Å². The maximum absolute atomic E-state index is 12.4. The summed E-state index contributed by atoms with van der Waals surface area (Å²) in [6, 6.07) is 6.88. The smallest absolute Gasteiger partial charge is 0.308 e. The first-order chi connectivity index (χ1) is 11.9. The molecule has 1 aliphatic heterocycles. The Morgan fingerprint density at radius 1 is 1.36 bits per heavy atom. The van der Waals surface area contributed by atoms with Gasteiger partial charge >= 0.3 is 5.97 Å². The monoisotopic (exact) mass is 344 g/mol. The third-order valence-electron chi connectivity index (χ3n) is 3.77. The molecule has 0 aromatic heterocycles. The van der Waals surface area contributed by atoms with Crippen LogP contribution in [-0.2, 0) is 25.5 Å². The molecule has 1 N–H and O–H groups in total. The number of hydrogen-bond acceptors (Lipinski definition) is 5. The minimum Gasteiger partial charge on any atom is -0.452 e. The Bertz CT molecular complexity index is 713. The van der Waals surface area contributed by atoms with Crippen LogP contribution in [-0.4, -0.2) is 47.8 Å². The average Bonchev–Trinajstić information content (AvgIpc) is 2.59. The molecule has 0 saturated carbocycles. The van der Waals surface area contributed by atoms with Gasteiger partial charge in [0.05, 0.1) is 12.8 Å². The van der Waals surface area contributed by atoms with Gasteiger partial charge in [-0.1, -0.05) is 24.3 Å². The highest BCUT2D eigenvalue weighted by Gasteiger charge is 2.31. The highest BCUT2D eigenvalue weighted by molar-refractivity contribution is 6.09. The Hall–Kier alpha value is -2.96. The number of benzene rings is 1. The van der Waals surface area contributed by atoms with E-state index in [0.717, 1.165) is 4.90 Å². The van der Waals surface area contributed by atoms with Gasteiger partial charge in [-0.25, -0.2) is 0 Å². The van der Waals surface area contributed by atoms with Crippen molar-refractivity contribution in [1.29, 1.82) is 0 Å². The molecular formula is C18H20N2O5. The lowest BCUT2D eigenvalue weighted by atomic mass is 9.98. The summed E-state index contributed by atoms with van der Waals surface area (Å²) in [6.07, 6.45) is 0.509. The number of carbonyl (C=O) groups excluding carboxylic acids is 4. The van der Waals surface area contributed by atoms with Gasteiger partial charge in [-0.15, -0.1) is 6.58 Å². The van der Waals surface area contributed by atoms with Crippen molar-refractivity contribution in [2.75, 3.05) is 13.1 Å². The van der Waals surface area contributed by atoms with Crippen molar-refractivity contribution in [3.63, 3.8) is 0 Å². The van der Waals surface area contributed by atoms with Gasteiger partial charge in [-0.05, 0) is 18.6 Å². The minimum absolute atomic E-state index is 0.0775. The predicted molar refractivity (Wildman–Crippen MR) is 89.6 cm³/mol. The lowest BCUT2D eigenvalue weighted by Gasteiger charge is -2.26. The Balaban J connectivity index is 1.89. The molecule has 1 aromatic rings. The van der Waals surface area contributed by atoms with Crippen molar-refractivity contribution in [3.05, 3.63) is 48.0 Å². The molecule has 0 aliphatic carbocycles. The van der Waals surface area contributed by atoms with Crippen LogP contribution in [0.5, 0.6) is 0 Å². The topological polar surface area (TPSA) is 92.8 Å². The van der Waals surface area contributed by atoms with Crippen LogP contribution in [0, 0.1) is 0 Å². The predicted octanol–water partition coefficient (Wildman–Crippen LogP) is 0.835. The quantitative estimate of drug-likeness (QED) is 0.449. The van der Waals surface area contributed by atoms with E-state index in [-0.39, 0.29) is 31.8 Å². The fourth-order valence-electron chi connectivity index (χ4n) is 2.46. The summed E-state index contributed by atoms with van der Waals surface area (Å²) in [6.45, 7) is 5.12. The van der Waals surface area contributed by atoms with Crippen molar-refractivity contribution < 1.29 is 23.9 Å². The number of hydrogen-bond donors (Lipinski definition) is 1. The first-order valence-electron chi connectivity index (χ1n) is 7.94. The van der Waals surface area contributed by atoms with Gasteiger partial charge in [0.25, 0.3) is 11.8 Å². The number of nitrogens with one attached hydrogen (secondary N) is 1. The Kier molecular flexibility index (Phi) is 6.05. The van der Waals surface area contributed by atoms with Gasteiger partial charge in [-0.2, -0.15) is 0 Å². The first-order valence-corrected chi connectivity index (χ1v) is 7.94. The van der Waals surface area contributed by atoms with Crippen molar-refractivity contribution in [2.45, 2.75) is 25.9 Å². The molecule has 0 spiro atoms. The van der Waals surface area contributed by atoms with Crippen LogP contribution in [0.2, 0.25) is 0 Å². The van der Waals surface area contributed by atoms with E-state index in [1.807, 2.05) is 0 Å². The number of esters is 1. The van der Waals surface area contributed by atoms with Gasteiger partial charge < -0.3 is 10.1 Å². The van der Waals surface area contributed by atoms with Gasteiger partial charge in [0.2, 0.25) is 5.91 Å². The molecule has 3 amide bonds. The molecule has 132 valence electrons. The van der Waals surface area contributed by atoms with Crippen molar-refractivity contribution in [1.82, 2.24) is 10.2 Å². The number of ether oxygens (including phenoxy) is 1. The molecule has 7 heteroatoms. The van der Waals surface area contributed by atoms with Crippen LogP contribution < -0.4 is 5.32 Å². The highest BCUT2D eigenvalue weighted by Crippen LogP contribution is 2.19. The Morgan fingerprint density at radius 2 is 2.08 bits per heavy atom. The number of carbonyl (C=O) groups is 4. The van der Waals surface area contributed by atoms with Crippen LogP contribution in [0.25, 0.3) is 0 Å². The lowest BCUT2D eigenvalue weighted by molar-refractivity contribution is -0.155. The third kappa shape index (κ3) is 4.53. The largest absolute Gasteiger partial charge is 0.452 e. The van der Waals surface area contributed by atoms with E-state index in [9.17, 15) is 19.2 Å². The number of imide groups is 1. The zero-order chi connectivity index (χ0) is 18.4. The van der Waals surface area contributed by atoms with Crippen molar-refractivity contribution >= 4 is 23.7 Å². The van der Waals surface area contributed by atoms with Gasteiger partial charge in [0, 0.05) is 18.7 Å². The standard InChI is InChI=1S/C18H20N2O5/c1-3-9-19-17(23)12(2)25-16(22)8-10-20-15(21)11-13-6-4-5-7-14(13)18(20)24/h3-7,12H,1,8-11H2,2H3,(H,19,23)/t12-/m0/s1. The molecule has 0 bridgehead atoms. The summed E-state index contributed by atoms with van der Waals surface area (Å²) in [4.78, 5) is 49.0. The zero-order valence-electron chi connectivity index (χ0n) is 14.0. The molecule has 0 saturated heterocycles. The molecule has 0 fully saturated rings. The van der Waals surface area contributed by atoms with Crippen molar-refractivity contribution in [3.8, 4) is 0 Å². The maximum atomic E-state index is 12.4. The van der Waals surface area contributed by atoms with Crippen LogP contribution in [0.15, 0.2) is 36.9 Å². The number of amides is 3.